The first kappa shape index (κ1) is 11.6. The first-order chi connectivity index (χ1) is 6.88. The Morgan fingerprint density at radius 3 is 2.27 bits per heavy atom. The van der Waals surface area contributed by atoms with Gasteiger partial charge < -0.3 is 4.90 Å². The van der Waals surface area contributed by atoms with Gasteiger partial charge in [-0.1, -0.05) is 6.07 Å². The Kier molecular flexibility index (Phi) is 3.02. The van der Waals surface area contributed by atoms with Gasteiger partial charge >= 0.3 is 6.18 Å². The SMILES string of the molecule is CN(C)c1c(C=O)cccc1C(F)(F)F. The standard InChI is InChI=1S/C10H10F3NO/c1-14(2)9-7(6-15)4-3-5-8(9)10(11,12)13/h3-6H,1-2H3. The number of rotatable bonds is 2. The summed E-state index contributed by atoms with van der Waals surface area (Å²) < 4.78 is 37.7. The molecule has 1 aromatic carbocycles. The lowest BCUT2D eigenvalue weighted by Crippen LogP contribution is -2.18. The second-order valence-electron chi connectivity index (χ2n) is 3.25. The van der Waals surface area contributed by atoms with Crippen molar-refractivity contribution in [2.45, 2.75) is 6.18 Å². The summed E-state index contributed by atoms with van der Waals surface area (Å²) in [5.41, 5.74) is -0.855. The van der Waals surface area contributed by atoms with Crippen molar-refractivity contribution in [3.63, 3.8) is 0 Å². The predicted octanol–water partition coefficient (Wildman–Crippen LogP) is 2.58. The minimum atomic E-state index is -4.45. The van der Waals surface area contributed by atoms with E-state index in [0.29, 0.717) is 6.29 Å². The Morgan fingerprint density at radius 2 is 1.87 bits per heavy atom. The fourth-order valence-corrected chi connectivity index (χ4v) is 1.38. The smallest absolute Gasteiger partial charge is 0.377 e. The van der Waals surface area contributed by atoms with Crippen molar-refractivity contribution in [2.24, 2.45) is 0 Å². The minimum Gasteiger partial charge on any atom is -0.377 e. The molecular weight excluding hydrogens is 207 g/mol. The van der Waals surface area contributed by atoms with Crippen LogP contribution in [0.5, 0.6) is 0 Å². The third kappa shape index (κ3) is 2.29. The van der Waals surface area contributed by atoms with Gasteiger partial charge in [-0.15, -0.1) is 0 Å². The van der Waals surface area contributed by atoms with Crippen LogP contribution >= 0.6 is 0 Å². The van der Waals surface area contributed by atoms with Gasteiger partial charge in [0.1, 0.15) is 0 Å². The van der Waals surface area contributed by atoms with E-state index in [4.69, 9.17) is 0 Å². The summed E-state index contributed by atoms with van der Waals surface area (Å²) in [4.78, 5) is 11.9. The molecule has 0 aliphatic carbocycles. The summed E-state index contributed by atoms with van der Waals surface area (Å²) in [6, 6.07) is 3.54. The number of carbonyl (C=O) groups excluding carboxylic acids is 1. The molecule has 0 radical (unpaired) electrons. The minimum absolute atomic E-state index is 0.0369. The topological polar surface area (TPSA) is 20.3 Å². The zero-order valence-electron chi connectivity index (χ0n) is 8.30. The molecule has 0 heterocycles. The Balaban J connectivity index is 3.45. The van der Waals surface area contributed by atoms with E-state index in [1.165, 1.54) is 31.1 Å². The Labute approximate surface area is 85.3 Å². The molecule has 0 unspecified atom stereocenters. The van der Waals surface area contributed by atoms with E-state index in [2.05, 4.69) is 0 Å². The highest BCUT2D eigenvalue weighted by molar-refractivity contribution is 5.86. The zero-order chi connectivity index (χ0) is 11.6. The molecule has 0 saturated heterocycles. The van der Waals surface area contributed by atoms with Crippen molar-refractivity contribution in [1.29, 1.82) is 0 Å². The predicted molar refractivity (Wildman–Crippen MR) is 51.2 cm³/mol. The van der Waals surface area contributed by atoms with Crippen LogP contribution in [0.2, 0.25) is 0 Å². The molecule has 1 aromatic rings. The number of aldehydes is 1. The molecule has 0 fully saturated rings. The van der Waals surface area contributed by atoms with Crippen LogP contribution in [-0.2, 0) is 6.18 Å². The number of alkyl halides is 3. The van der Waals surface area contributed by atoms with Crippen molar-refractivity contribution in [3.05, 3.63) is 29.3 Å². The molecule has 0 atom stereocenters. The molecular formula is C10H10F3NO. The molecule has 0 spiro atoms. The number of benzene rings is 1. The first-order valence-electron chi connectivity index (χ1n) is 4.20. The molecule has 15 heavy (non-hydrogen) atoms. The fraction of sp³-hybridized carbons (Fsp3) is 0.300. The van der Waals surface area contributed by atoms with Crippen LogP contribution in [0.1, 0.15) is 15.9 Å². The zero-order valence-corrected chi connectivity index (χ0v) is 8.30. The Morgan fingerprint density at radius 1 is 1.27 bits per heavy atom. The van der Waals surface area contributed by atoms with E-state index in [-0.39, 0.29) is 11.3 Å². The highest BCUT2D eigenvalue weighted by atomic mass is 19.4. The second-order valence-corrected chi connectivity index (χ2v) is 3.25. The van der Waals surface area contributed by atoms with E-state index >= 15 is 0 Å². The number of nitrogens with zero attached hydrogens (tertiary/aromatic N) is 1. The van der Waals surface area contributed by atoms with Gasteiger partial charge in [0.25, 0.3) is 0 Å². The summed E-state index contributed by atoms with van der Waals surface area (Å²) in [5, 5.41) is 0. The van der Waals surface area contributed by atoms with Crippen molar-refractivity contribution >= 4 is 12.0 Å². The molecule has 0 amide bonds. The van der Waals surface area contributed by atoms with Gasteiger partial charge in [-0.2, -0.15) is 13.2 Å². The van der Waals surface area contributed by atoms with Crippen molar-refractivity contribution < 1.29 is 18.0 Å². The van der Waals surface area contributed by atoms with Gasteiger partial charge in [0.15, 0.2) is 6.29 Å². The van der Waals surface area contributed by atoms with Gasteiger partial charge in [-0.05, 0) is 12.1 Å². The summed E-state index contributed by atoms with van der Waals surface area (Å²) in [6.07, 6.45) is -4.02. The summed E-state index contributed by atoms with van der Waals surface area (Å²) >= 11 is 0. The van der Waals surface area contributed by atoms with Crippen molar-refractivity contribution in [1.82, 2.24) is 0 Å². The van der Waals surface area contributed by atoms with E-state index < -0.39 is 11.7 Å². The van der Waals surface area contributed by atoms with Crippen LogP contribution in [0.3, 0.4) is 0 Å². The van der Waals surface area contributed by atoms with Gasteiger partial charge in [0, 0.05) is 19.7 Å². The van der Waals surface area contributed by atoms with Crippen molar-refractivity contribution in [3.8, 4) is 0 Å². The largest absolute Gasteiger partial charge is 0.418 e. The molecule has 0 bridgehead atoms. The van der Waals surface area contributed by atoms with Crippen LogP contribution in [0.4, 0.5) is 18.9 Å². The molecule has 0 N–H and O–H groups in total. The maximum atomic E-state index is 12.6. The van der Waals surface area contributed by atoms with Gasteiger partial charge in [-0.3, -0.25) is 4.79 Å². The average molecular weight is 217 g/mol. The highest BCUT2D eigenvalue weighted by Crippen LogP contribution is 2.37. The molecule has 0 aliphatic rings. The number of hydrogen-bond acceptors (Lipinski definition) is 2. The third-order valence-corrected chi connectivity index (χ3v) is 1.95. The lowest BCUT2D eigenvalue weighted by molar-refractivity contribution is -0.137. The lowest BCUT2D eigenvalue weighted by atomic mass is 10.1. The summed E-state index contributed by atoms with van der Waals surface area (Å²) in [6.45, 7) is 0. The van der Waals surface area contributed by atoms with Gasteiger partial charge in [0.05, 0.1) is 11.3 Å². The average Bonchev–Trinajstić information content (AvgIpc) is 2.15. The lowest BCUT2D eigenvalue weighted by Gasteiger charge is -2.20. The maximum absolute atomic E-state index is 12.6. The normalized spacial score (nSPS) is 11.3. The fourth-order valence-electron chi connectivity index (χ4n) is 1.38. The van der Waals surface area contributed by atoms with Crippen molar-refractivity contribution in [2.75, 3.05) is 19.0 Å². The molecule has 1 rings (SSSR count). The van der Waals surface area contributed by atoms with Gasteiger partial charge in [-0.25, -0.2) is 0 Å². The van der Waals surface area contributed by atoms with E-state index in [0.717, 1.165) is 6.07 Å². The quantitative estimate of drug-likeness (QED) is 0.709. The number of anilines is 1. The number of halogens is 3. The molecule has 0 saturated carbocycles. The molecule has 0 aliphatic heterocycles. The number of carbonyl (C=O) groups is 1. The van der Waals surface area contributed by atoms with Crippen LogP contribution < -0.4 is 4.90 Å². The molecule has 2 nitrogen and oxygen atoms in total. The number of hydrogen-bond donors (Lipinski definition) is 0. The van der Waals surface area contributed by atoms with Crippen LogP contribution in [0, 0.1) is 0 Å². The molecule has 0 aromatic heterocycles. The van der Waals surface area contributed by atoms with Crippen LogP contribution in [-0.4, -0.2) is 20.4 Å². The van der Waals surface area contributed by atoms with Gasteiger partial charge in [0.2, 0.25) is 0 Å². The maximum Gasteiger partial charge on any atom is 0.418 e. The third-order valence-electron chi connectivity index (χ3n) is 1.95. The Bertz CT molecular complexity index is 371. The Hall–Kier alpha value is -1.52. The molecule has 82 valence electrons. The summed E-state index contributed by atoms with van der Waals surface area (Å²) in [5.74, 6) is 0. The highest BCUT2D eigenvalue weighted by Gasteiger charge is 2.34. The van der Waals surface area contributed by atoms with Crippen LogP contribution in [0.15, 0.2) is 18.2 Å². The monoisotopic (exact) mass is 217 g/mol. The van der Waals surface area contributed by atoms with E-state index in [9.17, 15) is 18.0 Å². The van der Waals surface area contributed by atoms with E-state index in [1.54, 1.807) is 0 Å². The second kappa shape index (κ2) is 3.92. The number of para-hydroxylation sites is 1. The van der Waals surface area contributed by atoms with E-state index in [1.807, 2.05) is 0 Å². The first-order valence-corrected chi connectivity index (χ1v) is 4.20. The summed E-state index contributed by atoms with van der Waals surface area (Å²) in [7, 11) is 2.94. The van der Waals surface area contributed by atoms with Crippen LogP contribution in [0.25, 0.3) is 0 Å². The molecule has 5 heteroatoms.